The second-order valence-corrected chi connectivity index (χ2v) is 9.23. The fourth-order valence-corrected chi connectivity index (χ4v) is 6.10. The smallest absolute Gasteiger partial charge is 0.169 e. The van der Waals surface area contributed by atoms with Crippen LogP contribution in [-0.2, 0) is 6.54 Å². The number of fused-ring (bicyclic) bond motifs is 4. The summed E-state index contributed by atoms with van der Waals surface area (Å²) in [4.78, 5) is 21.3. The lowest BCUT2D eigenvalue weighted by molar-refractivity contribution is -0.982. The van der Waals surface area contributed by atoms with Crippen LogP contribution in [0.25, 0.3) is 10.9 Å². The van der Waals surface area contributed by atoms with Crippen LogP contribution in [0.15, 0.2) is 72.8 Å². The van der Waals surface area contributed by atoms with Crippen molar-refractivity contribution in [2.24, 2.45) is 17.0 Å². The van der Waals surface area contributed by atoms with E-state index in [1.165, 1.54) is 5.56 Å². The van der Waals surface area contributed by atoms with Gasteiger partial charge in [-0.15, -0.1) is 11.5 Å². The molecule has 6 heteroatoms. The van der Waals surface area contributed by atoms with Gasteiger partial charge >= 0.3 is 0 Å². The number of nitroso groups, excluding NO2 is 1. The van der Waals surface area contributed by atoms with Gasteiger partial charge in [0.2, 0.25) is 0 Å². The molecule has 0 saturated carbocycles. The minimum Gasteiger partial charge on any atom is -0.497 e. The maximum Gasteiger partial charge on any atom is 0.169 e. The Balaban J connectivity index is 1.60. The predicted octanol–water partition coefficient (Wildman–Crippen LogP) is 5.06. The molecule has 3 aliphatic heterocycles. The summed E-state index contributed by atoms with van der Waals surface area (Å²) in [6.45, 7) is 7.02. The fraction of sp³-hybridized carbons (Fsp3) is 0.385. The molecule has 32 heavy (non-hydrogen) atoms. The summed E-state index contributed by atoms with van der Waals surface area (Å²) in [7, 11) is 1.65. The molecule has 3 fully saturated rings. The molecule has 5 atom stereocenters. The van der Waals surface area contributed by atoms with Gasteiger partial charge in [0.1, 0.15) is 18.3 Å². The number of piperidine rings is 3. The highest BCUT2D eigenvalue weighted by molar-refractivity contribution is 5.84. The van der Waals surface area contributed by atoms with Crippen molar-refractivity contribution in [2.75, 3.05) is 20.2 Å². The van der Waals surface area contributed by atoms with E-state index in [2.05, 4.69) is 33.9 Å². The van der Waals surface area contributed by atoms with Gasteiger partial charge in [-0.3, -0.25) is 9.97 Å². The van der Waals surface area contributed by atoms with Crippen molar-refractivity contribution in [1.82, 2.24) is 9.97 Å². The number of benzene rings is 1. The van der Waals surface area contributed by atoms with E-state index in [1.807, 2.05) is 42.7 Å². The molecule has 0 radical (unpaired) electrons. The summed E-state index contributed by atoms with van der Waals surface area (Å²) >= 11 is 0. The summed E-state index contributed by atoms with van der Waals surface area (Å²) < 4.78 is 6.30. The number of aromatic nitrogens is 2. The first-order valence-electron chi connectivity index (χ1n) is 11.3. The van der Waals surface area contributed by atoms with E-state index in [0.29, 0.717) is 11.8 Å². The van der Waals surface area contributed by atoms with Gasteiger partial charge in [-0.25, -0.2) is 0 Å². The molecule has 0 N–H and O–H groups in total. The van der Waals surface area contributed by atoms with E-state index in [0.717, 1.165) is 59.2 Å². The van der Waals surface area contributed by atoms with Crippen LogP contribution < -0.4 is 4.74 Å². The van der Waals surface area contributed by atoms with E-state index < -0.39 is 6.04 Å². The van der Waals surface area contributed by atoms with Crippen molar-refractivity contribution in [1.29, 1.82) is 0 Å². The highest BCUT2D eigenvalue weighted by Gasteiger charge is 2.54. The first-order valence-corrected chi connectivity index (χ1v) is 11.3. The molecule has 0 spiro atoms. The molecule has 2 aromatic heterocycles. The largest absolute Gasteiger partial charge is 0.497 e. The summed E-state index contributed by atoms with van der Waals surface area (Å²) in [5.74, 6) is 1.78. The van der Waals surface area contributed by atoms with Crippen molar-refractivity contribution in [3.63, 3.8) is 0 Å². The number of rotatable bonds is 7. The summed E-state index contributed by atoms with van der Waals surface area (Å²) in [5, 5.41) is 4.71. The number of hydrogen-bond acceptors (Lipinski definition) is 5. The monoisotopic (exact) mass is 429 g/mol. The minimum atomic E-state index is -0.446. The molecule has 6 rings (SSSR count). The molecule has 3 saturated heterocycles. The van der Waals surface area contributed by atoms with Crippen LogP contribution in [0.4, 0.5) is 0 Å². The molecule has 164 valence electrons. The Morgan fingerprint density at radius 1 is 1.31 bits per heavy atom. The lowest BCUT2D eigenvalue weighted by Crippen LogP contribution is -2.67. The Labute approximate surface area is 188 Å². The normalized spacial score (nSPS) is 27.7. The number of pyridine rings is 2. The van der Waals surface area contributed by atoms with Gasteiger partial charge in [0.05, 0.1) is 25.7 Å². The van der Waals surface area contributed by atoms with Gasteiger partial charge in [0.15, 0.2) is 6.04 Å². The number of methoxy groups -OCH3 is 1. The van der Waals surface area contributed by atoms with Crippen LogP contribution in [-0.4, -0.2) is 40.7 Å². The Morgan fingerprint density at radius 2 is 2.22 bits per heavy atom. The molecule has 2 bridgehead atoms. The summed E-state index contributed by atoms with van der Waals surface area (Å²) in [6, 6.07) is 11.6. The summed E-state index contributed by atoms with van der Waals surface area (Å²) in [6.07, 6.45) is 9.79. The number of nitrogens with zero attached hydrogens (tertiary/aromatic N) is 4. The topological polar surface area (TPSA) is 64.4 Å². The SMILES string of the molecule is C=CC1C[N+]2(Cc3cccnc3)CCC1CC2C(N=O)c1ccnc2ccc(OC)cc12. The van der Waals surface area contributed by atoms with E-state index >= 15 is 0 Å². The Kier molecular flexibility index (Phi) is 5.47. The second-order valence-electron chi connectivity index (χ2n) is 9.23. The predicted molar refractivity (Wildman–Crippen MR) is 125 cm³/mol. The molecular formula is C26H29N4O2+. The van der Waals surface area contributed by atoms with Gasteiger partial charge < -0.3 is 9.22 Å². The molecule has 5 heterocycles. The van der Waals surface area contributed by atoms with Gasteiger partial charge in [-0.1, -0.05) is 17.3 Å². The zero-order valence-electron chi connectivity index (χ0n) is 18.4. The summed E-state index contributed by atoms with van der Waals surface area (Å²) in [5.41, 5.74) is 3.00. The van der Waals surface area contributed by atoms with Crippen LogP contribution >= 0.6 is 0 Å². The standard InChI is InChI=1S/C26H29N4O2/c1-3-19-17-30(16-18-5-4-10-27-15-18)12-9-20(19)13-25(30)26(29-31)22-8-11-28-24-7-6-21(32-2)14-23(22)24/h3-8,10-11,14-15,19-20,25-26H,1,9,12-13,16-17H2,2H3/q+1. The van der Waals surface area contributed by atoms with Gasteiger partial charge in [-0.2, -0.15) is 0 Å². The number of quaternary nitrogens is 1. The van der Waals surface area contributed by atoms with Crippen LogP contribution in [0.3, 0.4) is 0 Å². The second kappa shape index (κ2) is 8.43. The molecular weight excluding hydrogens is 400 g/mol. The Hall–Kier alpha value is -3.12. The maximum absolute atomic E-state index is 12.5. The number of hydrogen-bond donors (Lipinski definition) is 0. The van der Waals surface area contributed by atoms with Gasteiger partial charge in [0, 0.05) is 48.3 Å². The quantitative estimate of drug-likeness (QED) is 0.299. The number of ether oxygens (including phenoxy) is 1. The van der Waals surface area contributed by atoms with Crippen molar-refractivity contribution in [3.05, 3.63) is 83.7 Å². The van der Waals surface area contributed by atoms with Crippen LogP contribution in [0.1, 0.15) is 30.0 Å². The molecule has 0 aliphatic carbocycles. The highest BCUT2D eigenvalue weighted by atomic mass is 16.5. The molecule has 6 nitrogen and oxygen atoms in total. The lowest BCUT2D eigenvalue weighted by atomic mass is 9.70. The fourth-order valence-electron chi connectivity index (χ4n) is 6.10. The van der Waals surface area contributed by atoms with E-state index in [-0.39, 0.29) is 6.04 Å². The van der Waals surface area contributed by atoms with E-state index in [4.69, 9.17) is 4.74 Å². The third kappa shape index (κ3) is 3.48. The van der Waals surface area contributed by atoms with Crippen molar-refractivity contribution >= 4 is 10.9 Å². The molecule has 5 unspecified atom stereocenters. The average Bonchev–Trinajstić information content (AvgIpc) is 2.85. The molecule has 1 aromatic carbocycles. The highest BCUT2D eigenvalue weighted by Crippen LogP contribution is 2.49. The average molecular weight is 430 g/mol. The Bertz CT molecular complexity index is 1140. The Morgan fingerprint density at radius 3 is 2.97 bits per heavy atom. The third-order valence-electron chi connectivity index (χ3n) is 7.68. The first kappa shape index (κ1) is 20.8. The zero-order chi connectivity index (χ0) is 22.1. The molecule has 0 amide bonds. The molecule has 3 aliphatic rings. The lowest BCUT2D eigenvalue weighted by Gasteiger charge is -2.57. The van der Waals surface area contributed by atoms with E-state index in [9.17, 15) is 4.91 Å². The first-order chi connectivity index (χ1) is 15.7. The van der Waals surface area contributed by atoms with E-state index in [1.54, 1.807) is 13.3 Å². The van der Waals surface area contributed by atoms with Crippen molar-refractivity contribution in [2.45, 2.75) is 31.5 Å². The van der Waals surface area contributed by atoms with Crippen molar-refractivity contribution < 1.29 is 9.22 Å². The van der Waals surface area contributed by atoms with Crippen molar-refractivity contribution in [3.8, 4) is 5.75 Å². The van der Waals surface area contributed by atoms with Crippen LogP contribution in [0.5, 0.6) is 5.75 Å². The van der Waals surface area contributed by atoms with Crippen LogP contribution in [0, 0.1) is 16.7 Å². The van der Waals surface area contributed by atoms with Crippen LogP contribution in [0.2, 0.25) is 0 Å². The van der Waals surface area contributed by atoms with Gasteiger partial charge in [-0.05, 0) is 41.8 Å². The minimum absolute atomic E-state index is 0.111. The maximum atomic E-state index is 12.5. The van der Waals surface area contributed by atoms with Gasteiger partial charge in [0.25, 0.3) is 0 Å². The molecule has 3 aromatic rings. The zero-order valence-corrected chi connectivity index (χ0v) is 18.4. The third-order valence-corrected chi connectivity index (χ3v) is 7.68.